The highest BCUT2D eigenvalue weighted by molar-refractivity contribution is 7.54. The van der Waals surface area contributed by atoms with Gasteiger partial charge in [0.05, 0.1) is 33.0 Å². The normalized spacial score (nSPS) is 18.9. The molecule has 1 fully saturated rings. The molecule has 0 radical (unpaired) electrons. The van der Waals surface area contributed by atoms with Crippen LogP contribution in [0.2, 0.25) is 0 Å². The van der Waals surface area contributed by atoms with Crippen LogP contribution >= 0.6 is 7.67 Å². The average molecular weight is 670 g/mol. The molecule has 4 rings (SSSR count). The van der Waals surface area contributed by atoms with Crippen molar-refractivity contribution in [3.05, 3.63) is 115 Å². The average Bonchev–Trinajstić information content (AvgIpc) is 3.47. The molecule has 2 aromatic carbocycles. The second kappa shape index (κ2) is 16.3. The number of carbonyl (C=O) groups excluding carboxylic acids is 2. The minimum atomic E-state index is -4.39. The van der Waals surface area contributed by atoms with Gasteiger partial charge >= 0.3 is 25.3 Å². The Labute approximate surface area is 269 Å². The number of rotatable bonds is 15. The number of nitrogens with one attached hydrogen (secondary N) is 3. The molecule has 17 heteroatoms. The van der Waals surface area contributed by atoms with Crippen molar-refractivity contribution in [2.45, 2.75) is 56.6 Å². The van der Waals surface area contributed by atoms with Crippen LogP contribution in [-0.2, 0) is 45.7 Å². The van der Waals surface area contributed by atoms with E-state index in [1.54, 1.807) is 48.5 Å². The van der Waals surface area contributed by atoms with Crippen LogP contribution < -0.4 is 21.4 Å². The van der Waals surface area contributed by atoms with Gasteiger partial charge in [0.1, 0.15) is 18.3 Å². The number of carbonyl (C=O) groups is 2. The molecule has 0 unspecified atom stereocenters. The summed E-state index contributed by atoms with van der Waals surface area (Å²) >= 11 is 0. The van der Waals surface area contributed by atoms with Crippen molar-refractivity contribution in [2.24, 2.45) is 5.11 Å². The number of H-pyrrole nitrogens is 1. The maximum absolute atomic E-state index is 14.7. The lowest BCUT2D eigenvalue weighted by molar-refractivity contribution is -0.143. The summed E-state index contributed by atoms with van der Waals surface area (Å²) in [5, 5.41) is 9.27. The number of azide groups is 1. The number of aromatic amines is 1. The molecule has 2 heterocycles. The lowest BCUT2D eigenvalue weighted by atomic mass is 10.1. The first-order valence-electron chi connectivity index (χ1n) is 14.6. The summed E-state index contributed by atoms with van der Waals surface area (Å²) in [5.74, 6) is -1.48. The molecule has 47 heavy (non-hydrogen) atoms. The molecule has 1 aromatic heterocycles. The Morgan fingerprint density at radius 1 is 1.02 bits per heavy atom. The standard InChI is InChI=1S/C30H36N7O9P/c1-19-17-37(30(41)32-27(19)38)26-16-22(33-36-31)25(46-26)18-45-47(42,34-23(28(39)43-2)14-20-10-6-4-7-11-20)35-24(29(40)44-3)15-21-12-8-5-9-13-21/h4-13,17,22-26H,14-16,18H2,1-3H3,(H,32,38,41)(H2,34,35,42)/t22-,23-,24-,25+,26+/m0/s1. The van der Waals surface area contributed by atoms with Gasteiger partial charge in [-0.3, -0.25) is 28.5 Å². The van der Waals surface area contributed by atoms with E-state index in [-0.39, 0.29) is 24.8 Å². The van der Waals surface area contributed by atoms with E-state index in [2.05, 4.69) is 25.2 Å². The van der Waals surface area contributed by atoms with Gasteiger partial charge in [-0.05, 0) is 36.4 Å². The minimum absolute atomic E-state index is 0.0339. The summed E-state index contributed by atoms with van der Waals surface area (Å²) < 4.78 is 37.7. The largest absolute Gasteiger partial charge is 0.468 e. The lowest BCUT2D eigenvalue weighted by Crippen LogP contribution is -2.46. The molecule has 0 bridgehead atoms. The number of esters is 2. The predicted molar refractivity (Wildman–Crippen MR) is 169 cm³/mol. The first kappa shape index (κ1) is 35.3. The zero-order chi connectivity index (χ0) is 34.0. The van der Waals surface area contributed by atoms with Crippen molar-refractivity contribution >= 4 is 19.6 Å². The Balaban J connectivity index is 1.64. The molecule has 1 aliphatic heterocycles. The Morgan fingerprint density at radius 2 is 1.55 bits per heavy atom. The summed E-state index contributed by atoms with van der Waals surface area (Å²) in [6.07, 6.45) is -0.505. The maximum atomic E-state index is 14.7. The number of methoxy groups -OCH3 is 2. The summed E-state index contributed by atoms with van der Waals surface area (Å²) in [6.45, 7) is 1.05. The number of benzene rings is 2. The van der Waals surface area contributed by atoms with Crippen molar-refractivity contribution in [1.82, 2.24) is 19.7 Å². The molecule has 250 valence electrons. The van der Waals surface area contributed by atoms with Gasteiger partial charge in [0.2, 0.25) is 0 Å². The SMILES string of the molecule is COC(=O)[C@H](Cc1ccccc1)NP(=O)(N[C@@H](Cc1ccccc1)C(=O)OC)OC[C@H]1O[C@@H](n2cc(C)c(=O)[nH]c2=O)C[C@@H]1N=[N+]=[N-]. The topological polar surface area (TPSA) is 216 Å². The van der Waals surface area contributed by atoms with E-state index < -0.39 is 67.9 Å². The summed E-state index contributed by atoms with van der Waals surface area (Å²) in [4.78, 5) is 55.4. The van der Waals surface area contributed by atoms with E-state index in [0.29, 0.717) is 0 Å². The molecule has 0 spiro atoms. The smallest absolute Gasteiger partial charge is 0.342 e. The summed E-state index contributed by atoms with van der Waals surface area (Å²) in [7, 11) is -2.01. The number of ether oxygens (including phenoxy) is 3. The zero-order valence-electron chi connectivity index (χ0n) is 26.0. The van der Waals surface area contributed by atoms with Crippen molar-refractivity contribution in [3.63, 3.8) is 0 Å². The first-order valence-corrected chi connectivity index (χ1v) is 16.2. The fourth-order valence-electron chi connectivity index (χ4n) is 5.07. The van der Waals surface area contributed by atoms with Crippen molar-refractivity contribution in [1.29, 1.82) is 0 Å². The molecule has 1 saturated heterocycles. The molecule has 3 aromatic rings. The third kappa shape index (κ3) is 9.48. The van der Waals surface area contributed by atoms with Gasteiger partial charge in [-0.2, -0.15) is 0 Å². The second-order valence-corrected chi connectivity index (χ2v) is 12.6. The Kier molecular flexibility index (Phi) is 12.3. The lowest BCUT2D eigenvalue weighted by Gasteiger charge is -2.29. The number of nitrogens with zero attached hydrogens (tertiary/aromatic N) is 4. The monoisotopic (exact) mass is 669 g/mol. The maximum Gasteiger partial charge on any atom is 0.342 e. The Morgan fingerprint density at radius 3 is 2.04 bits per heavy atom. The minimum Gasteiger partial charge on any atom is -0.468 e. The highest BCUT2D eigenvalue weighted by atomic mass is 31.2. The van der Waals surface area contributed by atoms with E-state index >= 15 is 0 Å². The molecular formula is C30H36N7O9P. The number of aromatic nitrogens is 2. The molecule has 5 atom stereocenters. The van der Waals surface area contributed by atoms with E-state index in [9.17, 15) is 29.3 Å². The number of hydrogen-bond donors (Lipinski definition) is 3. The van der Waals surface area contributed by atoms with Gasteiger partial charge in [-0.15, -0.1) is 0 Å². The van der Waals surface area contributed by atoms with Crippen LogP contribution in [0.15, 0.2) is 81.6 Å². The Hall–Kier alpha value is -4.56. The number of aryl methyl sites for hydroxylation is 1. The van der Waals surface area contributed by atoms with E-state index in [4.69, 9.17) is 18.7 Å². The highest BCUT2D eigenvalue weighted by Crippen LogP contribution is 2.42. The molecule has 0 amide bonds. The van der Waals surface area contributed by atoms with Crippen LogP contribution in [0.1, 0.15) is 29.3 Å². The fourth-order valence-corrected chi connectivity index (χ4v) is 6.87. The van der Waals surface area contributed by atoms with E-state index in [1.807, 2.05) is 12.1 Å². The Bertz CT molecular complexity index is 1680. The zero-order valence-corrected chi connectivity index (χ0v) is 26.9. The van der Waals surface area contributed by atoms with Crippen LogP contribution in [0.4, 0.5) is 0 Å². The van der Waals surface area contributed by atoms with Crippen LogP contribution in [0.3, 0.4) is 0 Å². The molecular weight excluding hydrogens is 633 g/mol. The molecule has 16 nitrogen and oxygen atoms in total. The third-order valence-electron chi connectivity index (χ3n) is 7.47. The summed E-state index contributed by atoms with van der Waals surface area (Å²) in [6, 6.07) is 14.6. The fraction of sp³-hybridized carbons (Fsp3) is 0.400. The molecule has 0 saturated carbocycles. The van der Waals surface area contributed by atoms with Crippen LogP contribution in [0.5, 0.6) is 0 Å². The van der Waals surface area contributed by atoms with E-state index in [1.165, 1.54) is 27.3 Å². The highest BCUT2D eigenvalue weighted by Gasteiger charge is 2.41. The molecule has 1 aliphatic rings. The van der Waals surface area contributed by atoms with Crippen molar-refractivity contribution in [2.75, 3.05) is 20.8 Å². The third-order valence-corrected chi connectivity index (χ3v) is 9.29. The van der Waals surface area contributed by atoms with Gasteiger partial charge in [0.15, 0.2) is 0 Å². The van der Waals surface area contributed by atoms with Crippen LogP contribution in [-0.4, -0.2) is 66.5 Å². The van der Waals surface area contributed by atoms with Gasteiger partial charge in [-0.25, -0.2) is 15.0 Å². The number of hydrogen-bond acceptors (Lipinski definition) is 10. The summed E-state index contributed by atoms with van der Waals surface area (Å²) in [5.41, 5.74) is 9.64. The second-order valence-electron chi connectivity index (χ2n) is 10.8. The van der Waals surface area contributed by atoms with Gasteiger partial charge in [0, 0.05) is 23.1 Å². The van der Waals surface area contributed by atoms with Crippen LogP contribution in [0, 0.1) is 6.92 Å². The van der Waals surface area contributed by atoms with E-state index in [0.717, 1.165) is 15.7 Å². The quantitative estimate of drug-likeness (QED) is 0.0703. The molecule has 3 N–H and O–H groups in total. The van der Waals surface area contributed by atoms with Crippen molar-refractivity contribution in [3.8, 4) is 0 Å². The van der Waals surface area contributed by atoms with Gasteiger partial charge in [0.25, 0.3) is 5.56 Å². The van der Waals surface area contributed by atoms with Gasteiger partial charge < -0.3 is 18.7 Å². The van der Waals surface area contributed by atoms with Crippen LogP contribution in [0.25, 0.3) is 10.4 Å². The molecule has 0 aliphatic carbocycles. The van der Waals surface area contributed by atoms with Crippen molar-refractivity contribution < 1.29 is 32.9 Å². The van der Waals surface area contributed by atoms with Gasteiger partial charge in [-0.1, -0.05) is 65.8 Å². The predicted octanol–water partition coefficient (Wildman–Crippen LogP) is 2.68. The first-order chi connectivity index (χ1) is 22.6.